The predicted octanol–water partition coefficient (Wildman–Crippen LogP) is -0.0472. The molecule has 0 aliphatic carbocycles. The lowest BCUT2D eigenvalue weighted by Crippen LogP contribution is -2.42. The van der Waals surface area contributed by atoms with E-state index in [2.05, 4.69) is 10.6 Å². The minimum absolute atomic E-state index is 0.102. The molecule has 9 heteroatoms. The van der Waals surface area contributed by atoms with Crippen LogP contribution in [0.2, 0.25) is 0 Å². The van der Waals surface area contributed by atoms with E-state index in [0.717, 1.165) is 0 Å². The Hall–Kier alpha value is -3.10. The Morgan fingerprint density at radius 3 is 2.26 bits per heavy atom. The number of methoxy groups -OCH3 is 1. The van der Waals surface area contributed by atoms with Crippen molar-refractivity contribution in [2.75, 3.05) is 39.9 Å². The molecule has 0 aromatic heterocycles. The van der Waals surface area contributed by atoms with Crippen LogP contribution in [0.25, 0.3) is 0 Å². The van der Waals surface area contributed by atoms with Crippen molar-refractivity contribution in [2.45, 2.75) is 13.8 Å². The minimum Gasteiger partial charge on any atom is -0.497 e. The van der Waals surface area contributed by atoms with Gasteiger partial charge in [0, 0.05) is 18.7 Å². The molecule has 2 N–H and O–H groups in total. The van der Waals surface area contributed by atoms with Gasteiger partial charge in [-0.05, 0) is 38.1 Å². The standard InChI is InChI=1S/C18H25N3O6/c1-4-19-15(22)11-21(5-2)16(23)12-27-17(24)10-20-18(25)13-6-8-14(26-3)9-7-13/h6-9H,4-5,10-12H2,1-3H3,(H,19,22)(H,20,25). The first kappa shape index (κ1) is 21.9. The van der Waals surface area contributed by atoms with Crippen LogP contribution >= 0.6 is 0 Å². The van der Waals surface area contributed by atoms with Crippen LogP contribution in [-0.4, -0.2) is 68.5 Å². The van der Waals surface area contributed by atoms with E-state index in [-0.39, 0.29) is 19.0 Å². The lowest BCUT2D eigenvalue weighted by molar-refractivity contribution is -0.151. The monoisotopic (exact) mass is 379 g/mol. The average Bonchev–Trinajstić information content (AvgIpc) is 2.68. The Labute approximate surface area is 158 Å². The van der Waals surface area contributed by atoms with Crippen molar-refractivity contribution in [3.8, 4) is 5.75 Å². The molecule has 3 amide bonds. The maximum absolute atomic E-state index is 12.0. The summed E-state index contributed by atoms with van der Waals surface area (Å²) in [5.74, 6) is -1.37. The van der Waals surface area contributed by atoms with Crippen LogP contribution in [0, 0.1) is 0 Å². The highest BCUT2D eigenvalue weighted by Crippen LogP contribution is 2.10. The van der Waals surface area contributed by atoms with E-state index in [1.807, 2.05) is 0 Å². The quantitative estimate of drug-likeness (QED) is 0.551. The van der Waals surface area contributed by atoms with E-state index in [4.69, 9.17) is 9.47 Å². The zero-order chi connectivity index (χ0) is 20.2. The fraction of sp³-hybridized carbons (Fsp3) is 0.444. The largest absolute Gasteiger partial charge is 0.497 e. The van der Waals surface area contributed by atoms with Gasteiger partial charge in [0.1, 0.15) is 12.3 Å². The van der Waals surface area contributed by atoms with Gasteiger partial charge in [0.2, 0.25) is 5.91 Å². The molecule has 1 aromatic carbocycles. The maximum Gasteiger partial charge on any atom is 0.325 e. The molecule has 0 heterocycles. The fourth-order valence-corrected chi connectivity index (χ4v) is 2.08. The van der Waals surface area contributed by atoms with Gasteiger partial charge in [-0.15, -0.1) is 0 Å². The Balaban J connectivity index is 2.39. The number of carbonyl (C=O) groups is 4. The van der Waals surface area contributed by atoms with Crippen LogP contribution in [0.4, 0.5) is 0 Å². The normalized spacial score (nSPS) is 9.89. The molecule has 148 valence electrons. The van der Waals surface area contributed by atoms with Gasteiger partial charge < -0.3 is 25.0 Å². The summed E-state index contributed by atoms with van der Waals surface area (Å²) >= 11 is 0. The molecule has 1 rings (SSSR count). The Morgan fingerprint density at radius 2 is 1.70 bits per heavy atom. The number of hydrogen-bond acceptors (Lipinski definition) is 6. The summed E-state index contributed by atoms with van der Waals surface area (Å²) in [6.45, 7) is 3.29. The second kappa shape index (κ2) is 11.5. The topological polar surface area (TPSA) is 114 Å². The summed E-state index contributed by atoms with van der Waals surface area (Å²) in [7, 11) is 1.52. The fourth-order valence-electron chi connectivity index (χ4n) is 2.08. The second-order valence-corrected chi connectivity index (χ2v) is 5.43. The van der Waals surface area contributed by atoms with Crippen molar-refractivity contribution in [3.05, 3.63) is 29.8 Å². The SMILES string of the molecule is CCNC(=O)CN(CC)C(=O)COC(=O)CNC(=O)c1ccc(OC)cc1. The van der Waals surface area contributed by atoms with E-state index in [0.29, 0.717) is 24.4 Å². The maximum atomic E-state index is 12.0. The molecule has 9 nitrogen and oxygen atoms in total. The zero-order valence-corrected chi connectivity index (χ0v) is 15.7. The third-order valence-electron chi connectivity index (χ3n) is 3.54. The van der Waals surface area contributed by atoms with Crippen LogP contribution in [0.1, 0.15) is 24.2 Å². The van der Waals surface area contributed by atoms with Gasteiger partial charge in [0.25, 0.3) is 11.8 Å². The van der Waals surface area contributed by atoms with Crippen molar-refractivity contribution >= 4 is 23.7 Å². The van der Waals surface area contributed by atoms with E-state index < -0.39 is 24.4 Å². The van der Waals surface area contributed by atoms with Gasteiger partial charge >= 0.3 is 5.97 Å². The number of amides is 3. The second-order valence-electron chi connectivity index (χ2n) is 5.43. The number of nitrogens with one attached hydrogen (secondary N) is 2. The smallest absolute Gasteiger partial charge is 0.325 e. The first-order valence-corrected chi connectivity index (χ1v) is 8.53. The number of esters is 1. The highest BCUT2D eigenvalue weighted by molar-refractivity contribution is 5.96. The Morgan fingerprint density at radius 1 is 1.04 bits per heavy atom. The summed E-state index contributed by atoms with van der Waals surface area (Å²) in [5, 5.41) is 5.00. The van der Waals surface area contributed by atoms with Gasteiger partial charge in [-0.3, -0.25) is 19.2 Å². The number of carbonyl (C=O) groups excluding carboxylic acids is 4. The molecule has 0 saturated heterocycles. The van der Waals surface area contributed by atoms with Crippen LogP contribution in [-0.2, 0) is 19.1 Å². The lowest BCUT2D eigenvalue weighted by Gasteiger charge is -2.20. The summed E-state index contributed by atoms with van der Waals surface area (Å²) in [6, 6.07) is 6.37. The highest BCUT2D eigenvalue weighted by atomic mass is 16.5. The minimum atomic E-state index is -0.751. The third kappa shape index (κ3) is 7.76. The van der Waals surface area contributed by atoms with Crippen LogP contribution in [0.5, 0.6) is 5.75 Å². The van der Waals surface area contributed by atoms with Gasteiger partial charge in [-0.1, -0.05) is 0 Å². The molecule has 0 bridgehead atoms. The number of likely N-dealkylation sites (N-methyl/N-ethyl adjacent to an activating group) is 2. The summed E-state index contributed by atoms with van der Waals surface area (Å²) in [5.41, 5.74) is 0.360. The molecular formula is C18H25N3O6. The van der Waals surface area contributed by atoms with Crippen molar-refractivity contribution in [1.29, 1.82) is 0 Å². The number of ether oxygens (including phenoxy) is 2. The van der Waals surface area contributed by atoms with E-state index >= 15 is 0 Å². The van der Waals surface area contributed by atoms with Gasteiger partial charge in [-0.25, -0.2) is 0 Å². The summed E-state index contributed by atoms with van der Waals surface area (Å²) in [6.07, 6.45) is 0. The van der Waals surface area contributed by atoms with Gasteiger partial charge in [0.05, 0.1) is 13.7 Å². The first-order chi connectivity index (χ1) is 12.9. The van der Waals surface area contributed by atoms with Crippen molar-refractivity contribution < 1.29 is 28.7 Å². The molecule has 1 aromatic rings. The number of hydrogen-bond donors (Lipinski definition) is 2. The number of rotatable bonds is 10. The Bertz CT molecular complexity index is 660. The van der Waals surface area contributed by atoms with E-state index in [1.165, 1.54) is 12.0 Å². The lowest BCUT2D eigenvalue weighted by atomic mass is 10.2. The summed E-state index contributed by atoms with van der Waals surface area (Å²) in [4.78, 5) is 48.5. The van der Waals surface area contributed by atoms with Crippen LogP contribution < -0.4 is 15.4 Å². The molecular weight excluding hydrogens is 354 g/mol. The molecule has 0 saturated carbocycles. The highest BCUT2D eigenvalue weighted by Gasteiger charge is 2.17. The van der Waals surface area contributed by atoms with E-state index in [1.54, 1.807) is 38.1 Å². The predicted molar refractivity (Wildman–Crippen MR) is 97.2 cm³/mol. The van der Waals surface area contributed by atoms with Crippen molar-refractivity contribution in [1.82, 2.24) is 15.5 Å². The number of benzene rings is 1. The van der Waals surface area contributed by atoms with Crippen molar-refractivity contribution in [3.63, 3.8) is 0 Å². The number of nitrogens with zero attached hydrogens (tertiary/aromatic N) is 1. The molecule has 0 atom stereocenters. The molecule has 27 heavy (non-hydrogen) atoms. The zero-order valence-electron chi connectivity index (χ0n) is 15.7. The third-order valence-corrected chi connectivity index (χ3v) is 3.54. The molecule has 0 aliphatic heterocycles. The summed E-state index contributed by atoms with van der Waals surface area (Å²) < 4.78 is 9.86. The van der Waals surface area contributed by atoms with E-state index in [9.17, 15) is 19.2 Å². The molecule has 0 radical (unpaired) electrons. The van der Waals surface area contributed by atoms with Crippen LogP contribution in [0.15, 0.2) is 24.3 Å². The average molecular weight is 379 g/mol. The first-order valence-electron chi connectivity index (χ1n) is 8.53. The Kier molecular flexibility index (Phi) is 9.35. The molecule has 0 fully saturated rings. The molecule has 0 spiro atoms. The van der Waals surface area contributed by atoms with Gasteiger partial charge in [-0.2, -0.15) is 0 Å². The molecule has 0 unspecified atom stereocenters. The van der Waals surface area contributed by atoms with Crippen LogP contribution in [0.3, 0.4) is 0 Å². The molecule has 0 aliphatic rings. The van der Waals surface area contributed by atoms with Crippen molar-refractivity contribution in [2.24, 2.45) is 0 Å². The van der Waals surface area contributed by atoms with Gasteiger partial charge in [0.15, 0.2) is 6.61 Å².